The van der Waals surface area contributed by atoms with Gasteiger partial charge in [-0.15, -0.1) is 0 Å². The van der Waals surface area contributed by atoms with Gasteiger partial charge in [0.15, 0.2) is 0 Å². The molecule has 0 aliphatic carbocycles. The Labute approximate surface area is 179 Å². The normalized spacial score (nSPS) is 18.9. The van der Waals surface area contributed by atoms with Gasteiger partial charge in [-0.05, 0) is 36.9 Å². The van der Waals surface area contributed by atoms with Crippen molar-refractivity contribution in [3.63, 3.8) is 0 Å². The Kier molecular flexibility index (Phi) is 4.89. The summed E-state index contributed by atoms with van der Waals surface area (Å²) in [5, 5.41) is 0.782. The molecule has 2 aliphatic rings. The van der Waals surface area contributed by atoms with Crippen LogP contribution < -0.4 is 4.90 Å². The molecule has 1 amide bonds. The zero-order chi connectivity index (χ0) is 21.6. The van der Waals surface area contributed by atoms with E-state index in [1.54, 1.807) is 6.07 Å². The van der Waals surface area contributed by atoms with E-state index < -0.39 is 24.9 Å². The summed E-state index contributed by atoms with van der Waals surface area (Å²) in [6, 6.07) is 13.8. The fraction of sp³-hybridized carbons (Fsp3) is 0.391. The molecule has 31 heavy (non-hydrogen) atoms. The second-order valence-corrected chi connectivity index (χ2v) is 8.30. The number of likely N-dealkylation sites (tertiary alicyclic amines) is 1. The standard InChI is InChI=1S/C23H25F2N5O/c1-2-28-9-11-29(12-10-28)18-6-3-16(4-7-18)19-8-5-17-13-20(27-21(17)26-19)22(31)30-14-23(24,25)15-30/h3-8,13H,2,9-12,14-15H2,1H3,(H,26,27). The minimum atomic E-state index is -2.77. The van der Waals surface area contributed by atoms with Gasteiger partial charge >= 0.3 is 0 Å². The number of rotatable bonds is 4. The van der Waals surface area contributed by atoms with Crippen molar-refractivity contribution >= 4 is 22.6 Å². The lowest BCUT2D eigenvalue weighted by Crippen LogP contribution is -2.58. The van der Waals surface area contributed by atoms with Crippen LogP contribution in [0.5, 0.6) is 0 Å². The number of H-pyrrole nitrogens is 1. The van der Waals surface area contributed by atoms with Crippen LogP contribution in [0.15, 0.2) is 42.5 Å². The monoisotopic (exact) mass is 425 g/mol. The fourth-order valence-electron chi connectivity index (χ4n) is 4.27. The molecule has 0 radical (unpaired) electrons. The summed E-state index contributed by atoms with van der Waals surface area (Å²) in [5.74, 6) is -3.19. The molecule has 162 valence electrons. The number of carbonyl (C=O) groups excluding carboxylic acids is 1. The number of benzene rings is 1. The van der Waals surface area contributed by atoms with Crippen LogP contribution in [0, 0.1) is 0 Å². The largest absolute Gasteiger partial charge is 0.369 e. The smallest absolute Gasteiger partial charge is 0.282 e. The van der Waals surface area contributed by atoms with Gasteiger partial charge in [-0.25, -0.2) is 13.8 Å². The van der Waals surface area contributed by atoms with E-state index in [9.17, 15) is 13.6 Å². The SMILES string of the molecule is CCN1CCN(c2ccc(-c3ccc4cc(C(=O)N5CC(F)(F)C5)[nH]c4n3)cc2)CC1. The van der Waals surface area contributed by atoms with Crippen molar-refractivity contribution in [3.05, 3.63) is 48.2 Å². The molecule has 0 saturated carbocycles. The van der Waals surface area contributed by atoms with E-state index >= 15 is 0 Å². The first-order chi connectivity index (χ1) is 14.9. The number of fused-ring (bicyclic) bond motifs is 1. The number of hydrogen-bond acceptors (Lipinski definition) is 4. The summed E-state index contributed by atoms with van der Waals surface area (Å²) < 4.78 is 26.1. The summed E-state index contributed by atoms with van der Waals surface area (Å²) in [7, 11) is 0. The Morgan fingerprint density at radius 3 is 2.42 bits per heavy atom. The molecule has 4 heterocycles. The van der Waals surface area contributed by atoms with Crippen molar-refractivity contribution in [1.82, 2.24) is 19.8 Å². The number of carbonyl (C=O) groups is 1. The molecule has 1 aromatic carbocycles. The number of alkyl halides is 2. The van der Waals surface area contributed by atoms with Crippen molar-refractivity contribution in [1.29, 1.82) is 0 Å². The first-order valence-electron chi connectivity index (χ1n) is 10.7. The topological polar surface area (TPSA) is 55.5 Å². The Hall–Kier alpha value is -3.00. The molecular weight excluding hydrogens is 400 g/mol. The quantitative estimate of drug-likeness (QED) is 0.696. The zero-order valence-electron chi connectivity index (χ0n) is 17.4. The highest BCUT2D eigenvalue weighted by Crippen LogP contribution is 2.29. The Morgan fingerprint density at radius 1 is 1.06 bits per heavy atom. The molecule has 2 fully saturated rings. The molecule has 0 unspecified atom stereocenters. The summed E-state index contributed by atoms with van der Waals surface area (Å²) in [6.45, 7) is 6.45. The van der Waals surface area contributed by atoms with Gasteiger partial charge in [0.05, 0.1) is 18.8 Å². The second-order valence-electron chi connectivity index (χ2n) is 8.30. The third-order valence-electron chi connectivity index (χ3n) is 6.19. The predicted molar refractivity (Wildman–Crippen MR) is 117 cm³/mol. The number of aromatic amines is 1. The number of anilines is 1. The van der Waals surface area contributed by atoms with E-state index in [-0.39, 0.29) is 5.69 Å². The predicted octanol–water partition coefficient (Wildman–Crippen LogP) is 3.46. The number of halogens is 2. The van der Waals surface area contributed by atoms with E-state index in [0.717, 1.165) is 54.3 Å². The molecule has 0 spiro atoms. The molecular formula is C23H25F2N5O. The van der Waals surface area contributed by atoms with E-state index in [2.05, 4.69) is 51.0 Å². The third-order valence-corrected chi connectivity index (χ3v) is 6.19. The number of hydrogen-bond donors (Lipinski definition) is 1. The highest BCUT2D eigenvalue weighted by atomic mass is 19.3. The van der Waals surface area contributed by atoms with Gasteiger partial charge in [-0.3, -0.25) is 4.79 Å². The molecule has 2 aliphatic heterocycles. The van der Waals surface area contributed by atoms with Crippen molar-refractivity contribution in [2.24, 2.45) is 0 Å². The maximum absolute atomic E-state index is 13.1. The highest BCUT2D eigenvalue weighted by Gasteiger charge is 2.46. The van der Waals surface area contributed by atoms with Crippen LogP contribution in [0.4, 0.5) is 14.5 Å². The molecule has 1 N–H and O–H groups in total. The van der Waals surface area contributed by atoms with Crippen molar-refractivity contribution < 1.29 is 13.6 Å². The fourth-order valence-corrected chi connectivity index (χ4v) is 4.27. The summed E-state index contributed by atoms with van der Waals surface area (Å²) in [5.41, 5.74) is 3.86. The maximum atomic E-state index is 13.1. The van der Waals surface area contributed by atoms with E-state index in [4.69, 9.17) is 0 Å². The van der Waals surface area contributed by atoms with Gasteiger partial charge in [-0.1, -0.05) is 19.1 Å². The Bertz CT molecular complexity index is 1090. The lowest BCUT2D eigenvalue weighted by molar-refractivity contribution is -0.113. The molecule has 2 saturated heterocycles. The number of nitrogens with one attached hydrogen (secondary N) is 1. The number of amides is 1. The number of nitrogens with zero attached hydrogens (tertiary/aromatic N) is 4. The molecule has 5 rings (SSSR count). The van der Waals surface area contributed by atoms with Crippen LogP contribution >= 0.6 is 0 Å². The Balaban J connectivity index is 1.32. The second kappa shape index (κ2) is 7.60. The van der Waals surface area contributed by atoms with Crippen molar-refractivity contribution in [3.8, 4) is 11.3 Å². The van der Waals surface area contributed by atoms with Crippen LogP contribution in [0.25, 0.3) is 22.3 Å². The highest BCUT2D eigenvalue weighted by molar-refractivity contribution is 5.98. The minimum absolute atomic E-state index is 0.289. The van der Waals surface area contributed by atoms with Crippen LogP contribution in [0.3, 0.4) is 0 Å². The van der Waals surface area contributed by atoms with Gasteiger partial charge in [0, 0.05) is 42.8 Å². The zero-order valence-corrected chi connectivity index (χ0v) is 17.4. The third kappa shape index (κ3) is 3.87. The van der Waals surface area contributed by atoms with Crippen LogP contribution in [0.2, 0.25) is 0 Å². The van der Waals surface area contributed by atoms with E-state index in [1.807, 2.05) is 12.1 Å². The number of aromatic nitrogens is 2. The van der Waals surface area contributed by atoms with Crippen molar-refractivity contribution in [2.75, 3.05) is 50.7 Å². The first kappa shape index (κ1) is 19.9. The van der Waals surface area contributed by atoms with Gasteiger partial charge < -0.3 is 19.7 Å². The summed E-state index contributed by atoms with van der Waals surface area (Å²) >= 11 is 0. The molecule has 8 heteroatoms. The summed E-state index contributed by atoms with van der Waals surface area (Å²) in [4.78, 5) is 26.0. The molecule has 6 nitrogen and oxygen atoms in total. The number of piperazine rings is 1. The van der Waals surface area contributed by atoms with Gasteiger partial charge in [0.25, 0.3) is 11.8 Å². The van der Waals surface area contributed by atoms with E-state index in [1.165, 1.54) is 5.69 Å². The molecule has 0 bridgehead atoms. The number of likely N-dealkylation sites (N-methyl/N-ethyl adjacent to an activating group) is 1. The number of pyridine rings is 1. The van der Waals surface area contributed by atoms with Gasteiger partial charge in [0.2, 0.25) is 0 Å². The molecule has 3 aromatic rings. The average molecular weight is 425 g/mol. The summed E-state index contributed by atoms with van der Waals surface area (Å²) in [6.07, 6.45) is 0. The van der Waals surface area contributed by atoms with Crippen LogP contribution in [0.1, 0.15) is 17.4 Å². The lowest BCUT2D eigenvalue weighted by atomic mass is 10.1. The van der Waals surface area contributed by atoms with Crippen LogP contribution in [-0.4, -0.2) is 77.4 Å². The Morgan fingerprint density at radius 2 is 1.77 bits per heavy atom. The molecule has 2 aromatic heterocycles. The average Bonchev–Trinajstić information content (AvgIpc) is 3.20. The van der Waals surface area contributed by atoms with Crippen molar-refractivity contribution in [2.45, 2.75) is 12.8 Å². The van der Waals surface area contributed by atoms with E-state index in [0.29, 0.717) is 5.65 Å². The lowest BCUT2D eigenvalue weighted by Gasteiger charge is -2.38. The maximum Gasteiger partial charge on any atom is 0.282 e. The van der Waals surface area contributed by atoms with Gasteiger partial charge in [0.1, 0.15) is 11.3 Å². The van der Waals surface area contributed by atoms with Crippen LogP contribution in [-0.2, 0) is 0 Å². The molecule has 0 atom stereocenters. The van der Waals surface area contributed by atoms with Gasteiger partial charge in [-0.2, -0.15) is 0 Å². The first-order valence-corrected chi connectivity index (χ1v) is 10.7. The minimum Gasteiger partial charge on any atom is -0.369 e.